The summed E-state index contributed by atoms with van der Waals surface area (Å²) < 4.78 is 6.83. The second-order valence-corrected chi connectivity index (χ2v) is 5.88. The molecule has 0 aliphatic carbocycles. The number of carbonyl (C=O) groups is 1. The normalized spacial score (nSPS) is 10.9. The van der Waals surface area contributed by atoms with E-state index in [1.807, 2.05) is 40.4 Å². The molecule has 1 aromatic carbocycles. The average molecular weight is 355 g/mol. The van der Waals surface area contributed by atoms with Crippen LogP contribution in [-0.2, 0) is 16.0 Å². The fourth-order valence-electron chi connectivity index (χ4n) is 2.19. The van der Waals surface area contributed by atoms with E-state index in [1.165, 1.54) is 11.3 Å². The number of nitrogens with zero attached hydrogens (tertiary/aromatic N) is 4. The standard InChI is InChI=1S/C17H17N5O2S/c1-2-24-16(23)9-14-11-25-17(20-14)21-19-10-13-5-3-4-6-15(13)22-8-7-18-12-22/h3-8,10-12H,2,9H2,1H3,(H,20,21). The third-order valence-corrected chi connectivity index (χ3v) is 4.06. The maximum atomic E-state index is 11.5. The number of aromatic nitrogens is 3. The lowest BCUT2D eigenvalue weighted by Gasteiger charge is -2.05. The van der Waals surface area contributed by atoms with Crippen LogP contribution in [0.1, 0.15) is 18.2 Å². The van der Waals surface area contributed by atoms with Gasteiger partial charge in [-0.25, -0.2) is 9.97 Å². The van der Waals surface area contributed by atoms with Crippen molar-refractivity contribution in [1.29, 1.82) is 0 Å². The Labute approximate surface area is 149 Å². The van der Waals surface area contributed by atoms with Crippen molar-refractivity contribution in [3.8, 4) is 5.69 Å². The fourth-order valence-corrected chi connectivity index (χ4v) is 2.85. The number of anilines is 1. The molecule has 128 valence electrons. The van der Waals surface area contributed by atoms with Crippen molar-refractivity contribution in [3.05, 3.63) is 59.6 Å². The number of hydrogen-bond donors (Lipinski definition) is 1. The van der Waals surface area contributed by atoms with Crippen LogP contribution in [0.4, 0.5) is 5.13 Å². The number of para-hydroxylation sites is 1. The van der Waals surface area contributed by atoms with Crippen molar-refractivity contribution >= 4 is 28.7 Å². The number of benzene rings is 1. The first-order valence-electron chi connectivity index (χ1n) is 7.72. The molecule has 0 atom stereocenters. The molecule has 3 aromatic rings. The lowest BCUT2D eigenvalue weighted by Crippen LogP contribution is -2.07. The summed E-state index contributed by atoms with van der Waals surface area (Å²) in [5.41, 5.74) is 5.48. The molecule has 3 rings (SSSR count). The first kappa shape index (κ1) is 16.8. The predicted molar refractivity (Wildman–Crippen MR) is 97.2 cm³/mol. The average Bonchev–Trinajstić information content (AvgIpc) is 3.28. The summed E-state index contributed by atoms with van der Waals surface area (Å²) in [5.74, 6) is -0.280. The minimum Gasteiger partial charge on any atom is -0.466 e. The van der Waals surface area contributed by atoms with E-state index in [9.17, 15) is 4.79 Å². The molecule has 0 spiro atoms. The van der Waals surface area contributed by atoms with Crippen LogP contribution in [0.25, 0.3) is 5.69 Å². The summed E-state index contributed by atoms with van der Waals surface area (Å²) in [5, 5.41) is 6.67. The third-order valence-electron chi connectivity index (χ3n) is 3.27. The Bertz CT molecular complexity index is 858. The molecular formula is C17H17N5O2S. The fraction of sp³-hybridized carbons (Fsp3) is 0.176. The number of nitrogens with one attached hydrogen (secondary N) is 1. The topological polar surface area (TPSA) is 81.4 Å². The van der Waals surface area contributed by atoms with Gasteiger partial charge >= 0.3 is 5.97 Å². The van der Waals surface area contributed by atoms with Gasteiger partial charge in [0.1, 0.15) is 0 Å². The maximum absolute atomic E-state index is 11.5. The van der Waals surface area contributed by atoms with Crippen LogP contribution in [0.2, 0.25) is 0 Å². The lowest BCUT2D eigenvalue weighted by molar-refractivity contribution is -0.142. The Hall–Kier alpha value is -3.00. The van der Waals surface area contributed by atoms with E-state index in [0.717, 1.165) is 11.3 Å². The molecule has 0 saturated heterocycles. The van der Waals surface area contributed by atoms with Gasteiger partial charge in [-0.15, -0.1) is 11.3 Å². The van der Waals surface area contributed by atoms with E-state index in [-0.39, 0.29) is 12.4 Å². The number of esters is 1. The molecule has 0 bridgehead atoms. The smallest absolute Gasteiger partial charge is 0.311 e. The third kappa shape index (κ3) is 4.51. The van der Waals surface area contributed by atoms with Crippen molar-refractivity contribution in [2.45, 2.75) is 13.3 Å². The van der Waals surface area contributed by atoms with Crippen molar-refractivity contribution in [3.63, 3.8) is 0 Å². The van der Waals surface area contributed by atoms with Crippen LogP contribution in [-0.4, -0.2) is 33.3 Å². The molecule has 25 heavy (non-hydrogen) atoms. The van der Waals surface area contributed by atoms with Crippen LogP contribution in [0.15, 0.2) is 53.5 Å². The Morgan fingerprint density at radius 1 is 1.44 bits per heavy atom. The molecule has 2 aromatic heterocycles. The molecule has 0 unspecified atom stereocenters. The van der Waals surface area contributed by atoms with E-state index in [4.69, 9.17) is 4.74 Å². The number of hydrogen-bond acceptors (Lipinski definition) is 7. The molecule has 7 nitrogen and oxygen atoms in total. The van der Waals surface area contributed by atoms with Crippen molar-refractivity contribution in [2.24, 2.45) is 5.10 Å². The van der Waals surface area contributed by atoms with Gasteiger partial charge in [0, 0.05) is 23.3 Å². The quantitative estimate of drug-likeness (QED) is 0.400. The summed E-state index contributed by atoms with van der Waals surface area (Å²) in [6.07, 6.45) is 7.24. The summed E-state index contributed by atoms with van der Waals surface area (Å²) in [6.45, 7) is 2.15. The van der Waals surface area contributed by atoms with E-state index in [0.29, 0.717) is 17.4 Å². The minimum absolute atomic E-state index is 0.166. The Morgan fingerprint density at radius 2 is 2.32 bits per heavy atom. The highest BCUT2D eigenvalue weighted by molar-refractivity contribution is 7.13. The second kappa shape index (κ2) is 8.20. The zero-order chi connectivity index (χ0) is 17.5. The monoisotopic (exact) mass is 355 g/mol. The molecule has 0 radical (unpaired) electrons. The highest BCUT2D eigenvalue weighted by atomic mass is 32.1. The zero-order valence-corrected chi connectivity index (χ0v) is 14.4. The van der Waals surface area contributed by atoms with Gasteiger partial charge in [0.15, 0.2) is 0 Å². The van der Waals surface area contributed by atoms with Crippen molar-refractivity contribution in [1.82, 2.24) is 14.5 Å². The summed E-state index contributed by atoms with van der Waals surface area (Å²) in [4.78, 5) is 19.8. The Kier molecular flexibility index (Phi) is 5.53. The predicted octanol–water partition coefficient (Wildman–Crippen LogP) is 2.88. The number of rotatable bonds is 7. The van der Waals surface area contributed by atoms with Crippen LogP contribution in [0.3, 0.4) is 0 Å². The summed E-state index contributed by atoms with van der Waals surface area (Å²) in [7, 11) is 0. The van der Waals surface area contributed by atoms with Crippen molar-refractivity contribution < 1.29 is 9.53 Å². The van der Waals surface area contributed by atoms with Gasteiger partial charge in [-0.05, 0) is 13.0 Å². The number of imidazole rings is 1. The maximum Gasteiger partial charge on any atom is 0.311 e. The van der Waals surface area contributed by atoms with Gasteiger partial charge in [-0.1, -0.05) is 18.2 Å². The van der Waals surface area contributed by atoms with Gasteiger partial charge in [0.25, 0.3) is 0 Å². The highest BCUT2D eigenvalue weighted by Gasteiger charge is 2.08. The molecule has 1 N–H and O–H groups in total. The van der Waals surface area contributed by atoms with E-state index in [2.05, 4.69) is 20.5 Å². The first-order valence-corrected chi connectivity index (χ1v) is 8.60. The first-order chi connectivity index (χ1) is 12.3. The largest absolute Gasteiger partial charge is 0.466 e. The zero-order valence-electron chi connectivity index (χ0n) is 13.6. The van der Waals surface area contributed by atoms with Gasteiger partial charge in [-0.3, -0.25) is 10.2 Å². The highest BCUT2D eigenvalue weighted by Crippen LogP contribution is 2.16. The molecule has 0 saturated carbocycles. The molecule has 0 fully saturated rings. The number of ether oxygens (including phenoxy) is 1. The van der Waals surface area contributed by atoms with E-state index in [1.54, 1.807) is 25.7 Å². The van der Waals surface area contributed by atoms with Crippen LogP contribution < -0.4 is 5.43 Å². The van der Waals surface area contributed by atoms with Gasteiger partial charge in [-0.2, -0.15) is 5.10 Å². The molecule has 8 heteroatoms. The molecule has 2 heterocycles. The molecule has 0 aliphatic rings. The van der Waals surface area contributed by atoms with E-state index < -0.39 is 0 Å². The SMILES string of the molecule is CCOC(=O)Cc1csc(NN=Cc2ccccc2-n2ccnc2)n1. The summed E-state index contributed by atoms with van der Waals surface area (Å²) >= 11 is 1.39. The van der Waals surface area contributed by atoms with Crippen LogP contribution >= 0.6 is 11.3 Å². The molecule has 0 amide bonds. The minimum atomic E-state index is -0.280. The summed E-state index contributed by atoms with van der Waals surface area (Å²) in [6, 6.07) is 7.86. The number of hydrazone groups is 1. The van der Waals surface area contributed by atoms with Gasteiger partial charge in [0.2, 0.25) is 5.13 Å². The van der Waals surface area contributed by atoms with Gasteiger partial charge < -0.3 is 9.30 Å². The van der Waals surface area contributed by atoms with Crippen molar-refractivity contribution in [2.75, 3.05) is 12.0 Å². The van der Waals surface area contributed by atoms with Crippen LogP contribution in [0.5, 0.6) is 0 Å². The lowest BCUT2D eigenvalue weighted by atomic mass is 10.2. The molecular weight excluding hydrogens is 338 g/mol. The van der Waals surface area contributed by atoms with Gasteiger partial charge in [0.05, 0.1) is 37.0 Å². The van der Waals surface area contributed by atoms with E-state index >= 15 is 0 Å². The molecule has 0 aliphatic heterocycles. The number of thiazole rings is 1. The van der Waals surface area contributed by atoms with Crippen LogP contribution in [0, 0.1) is 0 Å². The second-order valence-electron chi connectivity index (χ2n) is 5.02. The number of carbonyl (C=O) groups excluding carboxylic acids is 1. The Morgan fingerprint density at radius 3 is 3.12 bits per heavy atom. The Balaban J connectivity index is 1.65.